The van der Waals surface area contributed by atoms with Crippen LogP contribution >= 0.6 is 0 Å². The van der Waals surface area contributed by atoms with Gasteiger partial charge in [-0.1, -0.05) is 43.7 Å². The molecule has 4 nitrogen and oxygen atoms in total. The molecule has 1 amide bonds. The maximum Gasteiger partial charge on any atom is 0.230 e. The Bertz CT molecular complexity index is 555. The van der Waals surface area contributed by atoms with Crippen LogP contribution in [0.4, 0.5) is 0 Å². The lowest BCUT2D eigenvalue weighted by Gasteiger charge is -2.37. The van der Waals surface area contributed by atoms with E-state index in [1.807, 2.05) is 18.2 Å². The molecule has 3 rings (SSSR count). The molecule has 2 saturated heterocycles. The van der Waals surface area contributed by atoms with E-state index in [9.17, 15) is 4.79 Å². The van der Waals surface area contributed by atoms with Gasteiger partial charge in [0.05, 0.1) is 5.41 Å². The summed E-state index contributed by atoms with van der Waals surface area (Å²) >= 11 is 0. The third-order valence-corrected chi connectivity index (χ3v) is 6.24. The molecule has 0 aliphatic carbocycles. The fourth-order valence-electron chi connectivity index (χ4n) is 4.59. The number of ether oxygens (including phenoxy) is 1. The fraction of sp³-hybridized carbons (Fsp3) is 0.682. The summed E-state index contributed by atoms with van der Waals surface area (Å²) in [4.78, 5) is 15.7. The van der Waals surface area contributed by atoms with Crippen molar-refractivity contribution in [2.75, 3.05) is 32.8 Å². The second kappa shape index (κ2) is 9.52. The summed E-state index contributed by atoms with van der Waals surface area (Å²) in [5, 5.41) is 3.24. The highest BCUT2D eigenvalue weighted by atomic mass is 16.5. The number of benzene rings is 1. The van der Waals surface area contributed by atoms with Crippen molar-refractivity contribution >= 4 is 5.91 Å². The highest BCUT2D eigenvalue weighted by molar-refractivity contribution is 5.88. The molecule has 0 aromatic heterocycles. The second-order valence-electron chi connectivity index (χ2n) is 7.76. The predicted octanol–water partition coefficient (Wildman–Crippen LogP) is 3.51. The molecule has 1 aromatic rings. The van der Waals surface area contributed by atoms with E-state index in [-0.39, 0.29) is 5.91 Å². The van der Waals surface area contributed by atoms with E-state index < -0.39 is 5.41 Å². The Labute approximate surface area is 158 Å². The Morgan fingerprint density at radius 3 is 2.73 bits per heavy atom. The number of rotatable bonds is 7. The maximum absolute atomic E-state index is 13.1. The zero-order valence-corrected chi connectivity index (χ0v) is 16.2. The van der Waals surface area contributed by atoms with Crippen LogP contribution in [0.2, 0.25) is 0 Å². The van der Waals surface area contributed by atoms with Gasteiger partial charge in [0, 0.05) is 32.3 Å². The van der Waals surface area contributed by atoms with Gasteiger partial charge in [0.1, 0.15) is 0 Å². The number of carbonyl (C=O) groups excluding carboxylic acids is 1. The SMILES string of the molecule is CC[C@@H]1CCCCN1CCCNC(=O)C1(c2ccccc2)CCOCC1. The van der Waals surface area contributed by atoms with Crippen molar-refractivity contribution in [3.8, 4) is 0 Å². The average Bonchev–Trinajstić information content (AvgIpc) is 2.72. The summed E-state index contributed by atoms with van der Waals surface area (Å²) in [7, 11) is 0. The molecule has 0 bridgehead atoms. The maximum atomic E-state index is 13.1. The first-order valence-corrected chi connectivity index (χ1v) is 10.4. The van der Waals surface area contributed by atoms with E-state index in [0.29, 0.717) is 13.2 Å². The van der Waals surface area contributed by atoms with Gasteiger partial charge in [0.15, 0.2) is 0 Å². The Morgan fingerprint density at radius 2 is 2.00 bits per heavy atom. The summed E-state index contributed by atoms with van der Waals surface area (Å²) in [6, 6.07) is 11.0. The minimum Gasteiger partial charge on any atom is -0.381 e. The molecule has 26 heavy (non-hydrogen) atoms. The number of nitrogens with zero attached hydrogens (tertiary/aromatic N) is 1. The molecule has 1 aromatic carbocycles. The Hall–Kier alpha value is -1.39. The van der Waals surface area contributed by atoms with Crippen LogP contribution in [0.25, 0.3) is 0 Å². The first-order chi connectivity index (χ1) is 12.8. The molecule has 0 unspecified atom stereocenters. The molecule has 2 aliphatic heterocycles. The Kier molecular flexibility index (Phi) is 7.09. The zero-order chi connectivity index (χ0) is 18.2. The molecule has 144 valence electrons. The molecule has 0 radical (unpaired) electrons. The van der Waals surface area contributed by atoms with Crippen molar-refractivity contribution in [1.82, 2.24) is 10.2 Å². The summed E-state index contributed by atoms with van der Waals surface area (Å²) in [6.07, 6.45) is 7.83. The zero-order valence-electron chi connectivity index (χ0n) is 16.2. The van der Waals surface area contributed by atoms with Crippen LogP contribution in [0.5, 0.6) is 0 Å². The van der Waals surface area contributed by atoms with E-state index in [2.05, 4.69) is 29.3 Å². The topological polar surface area (TPSA) is 41.6 Å². The quantitative estimate of drug-likeness (QED) is 0.759. The molecule has 2 heterocycles. The fourth-order valence-corrected chi connectivity index (χ4v) is 4.59. The first-order valence-electron chi connectivity index (χ1n) is 10.4. The summed E-state index contributed by atoms with van der Waals surface area (Å²) < 4.78 is 5.54. The Morgan fingerprint density at radius 1 is 1.23 bits per heavy atom. The van der Waals surface area contributed by atoms with Crippen molar-refractivity contribution in [2.45, 2.75) is 63.3 Å². The van der Waals surface area contributed by atoms with Gasteiger partial charge >= 0.3 is 0 Å². The summed E-state index contributed by atoms with van der Waals surface area (Å²) in [6.45, 7) is 6.70. The molecule has 2 fully saturated rings. The van der Waals surface area contributed by atoms with Crippen molar-refractivity contribution in [3.05, 3.63) is 35.9 Å². The highest BCUT2D eigenvalue weighted by Crippen LogP contribution is 2.35. The Balaban J connectivity index is 1.54. The van der Waals surface area contributed by atoms with E-state index in [0.717, 1.165) is 44.0 Å². The molecule has 2 aliphatic rings. The number of likely N-dealkylation sites (tertiary alicyclic amines) is 1. The van der Waals surface area contributed by atoms with Crippen LogP contribution in [-0.4, -0.2) is 49.7 Å². The van der Waals surface area contributed by atoms with Crippen LogP contribution in [0.3, 0.4) is 0 Å². The van der Waals surface area contributed by atoms with Gasteiger partial charge in [0.25, 0.3) is 0 Å². The van der Waals surface area contributed by atoms with Gasteiger partial charge in [-0.25, -0.2) is 0 Å². The van der Waals surface area contributed by atoms with Crippen molar-refractivity contribution in [2.24, 2.45) is 0 Å². The average molecular weight is 359 g/mol. The number of nitrogens with one attached hydrogen (secondary N) is 1. The normalized spacial score (nSPS) is 23.5. The minimum atomic E-state index is -0.420. The molecule has 1 atom stereocenters. The number of hydrogen-bond donors (Lipinski definition) is 1. The van der Waals surface area contributed by atoms with Gasteiger partial charge in [-0.15, -0.1) is 0 Å². The lowest BCUT2D eigenvalue weighted by atomic mass is 9.73. The van der Waals surface area contributed by atoms with Gasteiger partial charge in [0.2, 0.25) is 5.91 Å². The number of carbonyl (C=O) groups is 1. The lowest BCUT2D eigenvalue weighted by Crippen LogP contribution is -2.48. The summed E-state index contributed by atoms with van der Waals surface area (Å²) in [5.74, 6) is 0.178. The second-order valence-corrected chi connectivity index (χ2v) is 7.76. The monoisotopic (exact) mass is 358 g/mol. The van der Waals surface area contributed by atoms with E-state index in [1.54, 1.807) is 0 Å². The van der Waals surface area contributed by atoms with Crippen LogP contribution < -0.4 is 5.32 Å². The number of piperidine rings is 1. The van der Waals surface area contributed by atoms with Gasteiger partial charge in [-0.2, -0.15) is 0 Å². The third kappa shape index (κ3) is 4.47. The van der Waals surface area contributed by atoms with Crippen LogP contribution in [-0.2, 0) is 14.9 Å². The van der Waals surface area contributed by atoms with Gasteiger partial charge in [-0.05, 0) is 50.6 Å². The third-order valence-electron chi connectivity index (χ3n) is 6.24. The highest BCUT2D eigenvalue weighted by Gasteiger charge is 2.41. The molecule has 0 spiro atoms. The first kappa shape index (κ1) is 19.4. The van der Waals surface area contributed by atoms with Crippen LogP contribution in [0, 0.1) is 0 Å². The molecule has 1 N–H and O–H groups in total. The minimum absolute atomic E-state index is 0.178. The predicted molar refractivity (Wildman–Crippen MR) is 105 cm³/mol. The lowest BCUT2D eigenvalue weighted by molar-refractivity contribution is -0.130. The number of amides is 1. The molecule has 0 saturated carbocycles. The van der Waals surface area contributed by atoms with Crippen LogP contribution in [0.1, 0.15) is 57.4 Å². The standard InChI is InChI=1S/C22H34N2O2/c1-2-20-11-6-7-15-24(20)16-8-14-23-21(25)22(12-17-26-18-13-22)19-9-4-3-5-10-19/h3-5,9-10,20H,2,6-8,11-18H2,1H3,(H,23,25)/t20-/m1/s1. The van der Waals surface area contributed by atoms with Crippen LogP contribution in [0.15, 0.2) is 30.3 Å². The van der Waals surface area contributed by atoms with Gasteiger partial charge < -0.3 is 15.0 Å². The van der Waals surface area contributed by atoms with Gasteiger partial charge in [-0.3, -0.25) is 4.79 Å². The van der Waals surface area contributed by atoms with Crippen molar-refractivity contribution in [1.29, 1.82) is 0 Å². The molecular weight excluding hydrogens is 324 g/mol. The molecular formula is C22H34N2O2. The summed E-state index contributed by atoms with van der Waals surface area (Å²) in [5.41, 5.74) is 0.708. The smallest absolute Gasteiger partial charge is 0.230 e. The van der Waals surface area contributed by atoms with E-state index >= 15 is 0 Å². The molecule has 4 heteroatoms. The van der Waals surface area contributed by atoms with Crippen molar-refractivity contribution < 1.29 is 9.53 Å². The number of hydrogen-bond acceptors (Lipinski definition) is 3. The largest absolute Gasteiger partial charge is 0.381 e. The van der Waals surface area contributed by atoms with E-state index in [1.165, 1.54) is 32.2 Å². The van der Waals surface area contributed by atoms with Crippen molar-refractivity contribution in [3.63, 3.8) is 0 Å². The van der Waals surface area contributed by atoms with E-state index in [4.69, 9.17) is 4.74 Å².